The van der Waals surface area contributed by atoms with E-state index in [4.69, 9.17) is 0 Å². The number of amides is 2. The van der Waals surface area contributed by atoms with E-state index in [2.05, 4.69) is 15.3 Å². The van der Waals surface area contributed by atoms with Crippen LogP contribution in [-0.2, 0) is 13.5 Å². The van der Waals surface area contributed by atoms with E-state index in [1.807, 2.05) is 17.9 Å². The summed E-state index contributed by atoms with van der Waals surface area (Å²) in [6.07, 6.45) is 14.0. The normalized spacial score (nSPS) is 24.5. The lowest BCUT2D eigenvalue weighted by atomic mass is 9.92. The highest BCUT2D eigenvalue weighted by Crippen LogP contribution is 2.34. The van der Waals surface area contributed by atoms with Gasteiger partial charge in [-0.15, -0.1) is 0 Å². The van der Waals surface area contributed by atoms with Crippen LogP contribution in [0.5, 0.6) is 0 Å². The number of fused-ring (bicyclic) bond motifs is 1. The van der Waals surface area contributed by atoms with Gasteiger partial charge in [0.2, 0.25) is 0 Å². The molecule has 0 saturated heterocycles. The maximum Gasteiger partial charge on any atom is 0.318 e. The molecule has 1 aromatic rings. The number of urea groups is 1. The molecule has 0 aliphatic heterocycles. The van der Waals surface area contributed by atoms with E-state index in [-0.39, 0.29) is 12.1 Å². The third kappa shape index (κ3) is 3.31. The molecular weight excluding hydrogens is 300 g/mol. The Morgan fingerprint density at radius 2 is 2.00 bits per heavy atom. The van der Waals surface area contributed by atoms with Gasteiger partial charge in [0.05, 0.1) is 12.2 Å². The lowest BCUT2D eigenvalue weighted by Crippen LogP contribution is -2.49. The lowest BCUT2D eigenvalue weighted by Gasteiger charge is -2.36. The van der Waals surface area contributed by atoms with Crippen molar-refractivity contribution >= 4 is 6.03 Å². The fraction of sp³-hybridized carbons (Fsp3) is 0.789. The SMILES string of the molecule is Cn1ncc2c1CCCC2NC(=O)N(CC1CC1)C1CCCCC1. The van der Waals surface area contributed by atoms with Crippen LogP contribution in [0.3, 0.4) is 0 Å². The molecule has 0 aromatic carbocycles. The fourth-order valence-corrected chi connectivity index (χ4v) is 4.46. The van der Waals surface area contributed by atoms with E-state index in [9.17, 15) is 4.79 Å². The summed E-state index contributed by atoms with van der Waals surface area (Å²) in [4.78, 5) is 15.3. The second-order valence-electron chi connectivity index (χ2n) is 7.95. The average molecular weight is 330 g/mol. The predicted molar refractivity (Wildman–Crippen MR) is 93.7 cm³/mol. The second kappa shape index (κ2) is 6.77. The van der Waals surface area contributed by atoms with Gasteiger partial charge in [0.25, 0.3) is 0 Å². The molecule has 2 amide bonds. The number of nitrogens with one attached hydrogen (secondary N) is 1. The average Bonchev–Trinajstić information content (AvgIpc) is 3.35. The predicted octanol–water partition coefficient (Wildman–Crippen LogP) is 3.55. The van der Waals surface area contributed by atoms with Crippen molar-refractivity contribution in [3.8, 4) is 0 Å². The Balaban J connectivity index is 1.46. The first-order valence-electron chi connectivity index (χ1n) is 9.80. The van der Waals surface area contributed by atoms with Crippen molar-refractivity contribution in [2.45, 2.75) is 76.3 Å². The van der Waals surface area contributed by atoms with E-state index < -0.39 is 0 Å². The molecule has 2 saturated carbocycles. The van der Waals surface area contributed by atoms with Gasteiger partial charge in [-0.05, 0) is 50.9 Å². The highest BCUT2D eigenvalue weighted by Gasteiger charge is 2.33. The summed E-state index contributed by atoms with van der Waals surface area (Å²) in [7, 11) is 2.00. The smallest absolute Gasteiger partial charge is 0.318 e. The van der Waals surface area contributed by atoms with Crippen molar-refractivity contribution < 1.29 is 4.79 Å². The highest BCUT2D eigenvalue weighted by atomic mass is 16.2. The summed E-state index contributed by atoms with van der Waals surface area (Å²) >= 11 is 0. The molecule has 5 heteroatoms. The highest BCUT2D eigenvalue weighted by molar-refractivity contribution is 5.75. The Bertz CT molecular complexity index is 586. The molecule has 4 rings (SSSR count). The largest absolute Gasteiger partial charge is 0.331 e. The van der Waals surface area contributed by atoms with Crippen LogP contribution in [0.25, 0.3) is 0 Å². The van der Waals surface area contributed by atoms with Crippen LogP contribution in [0, 0.1) is 5.92 Å². The standard InChI is InChI=1S/C19H30N4O/c1-22-18-9-5-8-17(16(18)12-20-22)21-19(24)23(13-14-10-11-14)15-6-3-2-4-7-15/h12,14-15,17H,2-11,13H2,1H3,(H,21,24). The molecule has 24 heavy (non-hydrogen) atoms. The van der Waals surface area contributed by atoms with Gasteiger partial charge >= 0.3 is 6.03 Å². The van der Waals surface area contributed by atoms with E-state index in [0.717, 1.165) is 31.7 Å². The monoisotopic (exact) mass is 330 g/mol. The van der Waals surface area contributed by atoms with Gasteiger partial charge in [-0.25, -0.2) is 4.79 Å². The number of aromatic nitrogens is 2. The first kappa shape index (κ1) is 16.0. The van der Waals surface area contributed by atoms with Crippen LogP contribution in [-0.4, -0.2) is 33.3 Å². The number of carbonyl (C=O) groups is 1. The van der Waals surface area contributed by atoms with Crippen molar-refractivity contribution in [1.82, 2.24) is 20.0 Å². The van der Waals surface area contributed by atoms with Crippen molar-refractivity contribution in [2.24, 2.45) is 13.0 Å². The third-order valence-electron chi connectivity index (χ3n) is 6.10. The first-order chi connectivity index (χ1) is 11.7. The summed E-state index contributed by atoms with van der Waals surface area (Å²) in [5, 5.41) is 7.75. The molecule has 1 atom stereocenters. The molecule has 1 unspecified atom stereocenters. The molecule has 5 nitrogen and oxygen atoms in total. The number of hydrogen-bond donors (Lipinski definition) is 1. The minimum Gasteiger partial charge on any atom is -0.331 e. The Kier molecular flexibility index (Phi) is 4.51. The van der Waals surface area contributed by atoms with Crippen molar-refractivity contribution in [3.05, 3.63) is 17.5 Å². The topological polar surface area (TPSA) is 50.2 Å². The van der Waals surface area contributed by atoms with E-state index >= 15 is 0 Å². The van der Waals surface area contributed by atoms with Crippen LogP contribution in [0.1, 0.15) is 75.1 Å². The fourth-order valence-electron chi connectivity index (χ4n) is 4.46. The van der Waals surface area contributed by atoms with E-state index in [0.29, 0.717) is 6.04 Å². The third-order valence-corrected chi connectivity index (χ3v) is 6.10. The first-order valence-corrected chi connectivity index (χ1v) is 9.80. The van der Waals surface area contributed by atoms with Crippen molar-refractivity contribution in [1.29, 1.82) is 0 Å². The molecule has 2 fully saturated rings. The number of rotatable bonds is 4. The Hall–Kier alpha value is -1.52. The van der Waals surface area contributed by atoms with Gasteiger partial charge in [-0.1, -0.05) is 19.3 Å². The summed E-state index contributed by atoms with van der Waals surface area (Å²) in [5.41, 5.74) is 2.52. The van der Waals surface area contributed by atoms with Gasteiger partial charge in [0.15, 0.2) is 0 Å². The molecule has 0 bridgehead atoms. The molecule has 3 aliphatic rings. The minimum absolute atomic E-state index is 0.139. The summed E-state index contributed by atoms with van der Waals surface area (Å²) in [6, 6.07) is 0.757. The van der Waals surface area contributed by atoms with Crippen molar-refractivity contribution in [3.63, 3.8) is 0 Å². The molecule has 3 aliphatic carbocycles. The van der Waals surface area contributed by atoms with Crippen LogP contribution >= 0.6 is 0 Å². The molecule has 0 spiro atoms. The Labute approximate surface area is 144 Å². The van der Waals surface area contributed by atoms with Gasteiger partial charge < -0.3 is 10.2 Å². The summed E-state index contributed by atoms with van der Waals surface area (Å²) in [5.74, 6) is 0.748. The molecule has 1 N–H and O–H groups in total. The number of hydrogen-bond acceptors (Lipinski definition) is 2. The summed E-state index contributed by atoms with van der Waals surface area (Å²) in [6.45, 7) is 0.961. The van der Waals surface area contributed by atoms with Crippen LogP contribution in [0.15, 0.2) is 6.20 Å². The zero-order chi connectivity index (χ0) is 16.5. The van der Waals surface area contributed by atoms with Gasteiger partial charge in [0.1, 0.15) is 0 Å². The number of nitrogens with zero attached hydrogens (tertiary/aromatic N) is 3. The maximum atomic E-state index is 13.1. The Morgan fingerprint density at radius 3 is 2.75 bits per heavy atom. The Morgan fingerprint density at radius 1 is 1.21 bits per heavy atom. The second-order valence-corrected chi connectivity index (χ2v) is 7.95. The van der Waals surface area contributed by atoms with Gasteiger partial charge in [-0.2, -0.15) is 5.10 Å². The van der Waals surface area contributed by atoms with Crippen LogP contribution in [0.2, 0.25) is 0 Å². The lowest BCUT2D eigenvalue weighted by molar-refractivity contribution is 0.148. The van der Waals surface area contributed by atoms with Crippen LogP contribution < -0.4 is 5.32 Å². The number of carbonyl (C=O) groups excluding carboxylic acids is 1. The van der Waals surface area contributed by atoms with E-state index in [1.54, 1.807) is 0 Å². The summed E-state index contributed by atoms with van der Waals surface area (Å²) < 4.78 is 1.97. The molecule has 0 radical (unpaired) electrons. The minimum atomic E-state index is 0.139. The molecule has 1 aromatic heterocycles. The molecule has 132 valence electrons. The van der Waals surface area contributed by atoms with Crippen molar-refractivity contribution in [2.75, 3.05) is 6.54 Å². The van der Waals surface area contributed by atoms with Gasteiger partial charge in [0, 0.05) is 30.9 Å². The number of aryl methyl sites for hydroxylation is 1. The molecule has 1 heterocycles. The van der Waals surface area contributed by atoms with Crippen LogP contribution in [0.4, 0.5) is 4.79 Å². The molecular formula is C19H30N4O. The quantitative estimate of drug-likeness (QED) is 0.918. The maximum absolute atomic E-state index is 13.1. The zero-order valence-electron chi connectivity index (χ0n) is 14.8. The van der Waals surface area contributed by atoms with Gasteiger partial charge in [-0.3, -0.25) is 4.68 Å². The zero-order valence-corrected chi connectivity index (χ0v) is 14.8. The van der Waals surface area contributed by atoms with E-state index in [1.165, 1.54) is 56.2 Å².